The monoisotopic (exact) mass is 378 g/mol. The number of nitrogens with one attached hydrogen (secondary N) is 1. The van der Waals surface area contributed by atoms with E-state index in [4.69, 9.17) is 10.7 Å². The summed E-state index contributed by atoms with van der Waals surface area (Å²) in [6.07, 6.45) is 2.40. The van der Waals surface area contributed by atoms with Crippen molar-refractivity contribution in [3.05, 3.63) is 60.2 Å². The standard InChI is InChI=1S/C22H26N4O2/c1-3-4-12-16(23)21(27)25-20-19(15-10-6-5-7-11-15)24-17-13-8-9-14-18(17)26(2)22(20)28/h5-11,13-14,16,20H,3-4,12,23H2,1-2H3,(H,25,27)/t16-,20?/m0/s1. The van der Waals surface area contributed by atoms with Crippen molar-refractivity contribution >= 4 is 28.9 Å². The summed E-state index contributed by atoms with van der Waals surface area (Å²) in [4.78, 5) is 32.2. The Morgan fingerprint density at radius 1 is 1.18 bits per heavy atom. The zero-order chi connectivity index (χ0) is 20.1. The summed E-state index contributed by atoms with van der Waals surface area (Å²) in [5.74, 6) is -0.585. The minimum atomic E-state index is -0.903. The van der Waals surface area contributed by atoms with Gasteiger partial charge in [-0.3, -0.25) is 9.59 Å². The van der Waals surface area contributed by atoms with E-state index in [-0.39, 0.29) is 11.8 Å². The molecule has 6 nitrogen and oxygen atoms in total. The van der Waals surface area contributed by atoms with Crippen molar-refractivity contribution in [3.8, 4) is 0 Å². The maximum absolute atomic E-state index is 13.3. The first kappa shape index (κ1) is 19.8. The Morgan fingerprint density at radius 3 is 2.57 bits per heavy atom. The van der Waals surface area contributed by atoms with Crippen molar-refractivity contribution in [1.29, 1.82) is 0 Å². The van der Waals surface area contributed by atoms with E-state index in [1.54, 1.807) is 7.05 Å². The number of fused-ring (bicyclic) bond motifs is 1. The van der Waals surface area contributed by atoms with Gasteiger partial charge >= 0.3 is 0 Å². The topological polar surface area (TPSA) is 87.8 Å². The van der Waals surface area contributed by atoms with Crippen molar-refractivity contribution in [3.63, 3.8) is 0 Å². The number of carbonyl (C=O) groups excluding carboxylic acids is 2. The molecule has 0 saturated carbocycles. The highest BCUT2D eigenvalue weighted by atomic mass is 16.2. The second kappa shape index (κ2) is 8.80. The molecule has 1 unspecified atom stereocenters. The van der Waals surface area contributed by atoms with E-state index in [0.717, 1.165) is 18.4 Å². The fourth-order valence-corrected chi connectivity index (χ4v) is 3.24. The number of para-hydroxylation sites is 2. The number of amides is 2. The van der Waals surface area contributed by atoms with Crippen LogP contribution in [0.3, 0.4) is 0 Å². The quantitative estimate of drug-likeness (QED) is 0.810. The van der Waals surface area contributed by atoms with Crippen LogP contribution in [0.5, 0.6) is 0 Å². The average molecular weight is 378 g/mol. The number of anilines is 1. The number of nitrogens with zero attached hydrogens (tertiary/aromatic N) is 2. The van der Waals surface area contributed by atoms with Gasteiger partial charge in [0.05, 0.1) is 23.1 Å². The molecule has 0 fully saturated rings. The Balaban J connectivity index is 2.01. The van der Waals surface area contributed by atoms with Crippen LogP contribution in [0.25, 0.3) is 0 Å². The van der Waals surface area contributed by atoms with Crippen LogP contribution in [-0.2, 0) is 9.59 Å². The molecule has 0 bridgehead atoms. The van der Waals surface area contributed by atoms with Crippen LogP contribution in [0, 0.1) is 0 Å². The highest BCUT2D eigenvalue weighted by Crippen LogP contribution is 2.32. The van der Waals surface area contributed by atoms with Crippen LogP contribution in [-0.4, -0.2) is 36.7 Å². The molecular formula is C22H26N4O2. The molecule has 0 aliphatic carbocycles. The zero-order valence-electron chi connectivity index (χ0n) is 16.3. The van der Waals surface area contributed by atoms with Crippen LogP contribution in [0.2, 0.25) is 0 Å². The first-order valence-electron chi connectivity index (χ1n) is 9.59. The maximum Gasteiger partial charge on any atom is 0.255 e. The normalized spacial score (nSPS) is 17.4. The Morgan fingerprint density at radius 2 is 1.86 bits per heavy atom. The van der Waals surface area contributed by atoms with Gasteiger partial charge in [-0.1, -0.05) is 62.2 Å². The lowest BCUT2D eigenvalue weighted by Gasteiger charge is -2.24. The predicted octanol–water partition coefficient (Wildman–Crippen LogP) is 2.79. The van der Waals surface area contributed by atoms with Crippen LogP contribution >= 0.6 is 0 Å². The van der Waals surface area contributed by atoms with Crippen molar-refractivity contribution in [1.82, 2.24) is 5.32 Å². The summed E-state index contributed by atoms with van der Waals surface area (Å²) >= 11 is 0. The summed E-state index contributed by atoms with van der Waals surface area (Å²) < 4.78 is 0. The number of hydrogen-bond donors (Lipinski definition) is 2. The molecule has 2 amide bonds. The van der Waals surface area contributed by atoms with Crippen molar-refractivity contribution in [2.24, 2.45) is 10.7 Å². The number of nitrogens with two attached hydrogens (primary N) is 1. The van der Waals surface area contributed by atoms with E-state index >= 15 is 0 Å². The molecule has 0 saturated heterocycles. The molecule has 0 aromatic heterocycles. The molecule has 3 N–H and O–H groups in total. The number of carbonyl (C=O) groups is 2. The molecule has 0 radical (unpaired) electrons. The molecule has 2 atom stereocenters. The Bertz CT molecular complexity index is 879. The average Bonchev–Trinajstić information content (AvgIpc) is 2.83. The van der Waals surface area contributed by atoms with Crippen LogP contribution in [0.15, 0.2) is 59.6 Å². The van der Waals surface area contributed by atoms with Gasteiger partial charge in [-0.25, -0.2) is 4.99 Å². The SMILES string of the molecule is CCCC[C@H](N)C(=O)NC1C(=O)N(C)c2ccccc2N=C1c1ccccc1. The fourth-order valence-electron chi connectivity index (χ4n) is 3.24. The molecule has 2 aromatic carbocycles. The van der Waals surface area contributed by atoms with Gasteiger partial charge < -0.3 is 16.0 Å². The molecule has 1 heterocycles. The van der Waals surface area contributed by atoms with Gasteiger partial charge in [0.1, 0.15) is 0 Å². The number of rotatable bonds is 6. The molecule has 6 heteroatoms. The Labute approximate surface area is 165 Å². The summed E-state index contributed by atoms with van der Waals surface area (Å²) in [6, 6.07) is 15.3. The molecule has 1 aliphatic rings. The minimum Gasteiger partial charge on any atom is -0.338 e. The molecule has 28 heavy (non-hydrogen) atoms. The van der Waals surface area contributed by atoms with Crippen LogP contribution in [0.1, 0.15) is 31.7 Å². The van der Waals surface area contributed by atoms with Gasteiger partial charge in [0.2, 0.25) is 5.91 Å². The zero-order valence-corrected chi connectivity index (χ0v) is 16.3. The summed E-state index contributed by atoms with van der Waals surface area (Å²) in [6.45, 7) is 2.05. The highest BCUT2D eigenvalue weighted by molar-refractivity contribution is 6.23. The molecule has 3 rings (SSSR count). The van der Waals surface area contributed by atoms with E-state index in [0.29, 0.717) is 23.5 Å². The summed E-state index contributed by atoms with van der Waals surface area (Å²) in [5.41, 5.74) is 8.72. The number of aliphatic imine (C=N–C) groups is 1. The van der Waals surface area contributed by atoms with Crippen molar-refractivity contribution < 1.29 is 9.59 Å². The van der Waals surface area contributed by atoms with Crippen LogP contribution in [0.4, 0.5) is 11.4 Å². The molecule has 0 spiro atoms. The summed E-state index contributed by atoms with van der Waals surface area (Å²) in [5, 5.41) is 2.85. The van der Waals surface area contributed by atoms with E-state index in [1.807, 2.05) is 61.5 Å². The Kier molecular flexibility index (Phi) is 6.21. The number of likely N-dealkylation sites (N-methyl/N-ethyl adjacent to an activating group) is 1. The third-order valence-electron chi connectivity index (χ3n) is 4.90. The number of unbranched alkanes of at least 4 members (excludes halogenated alkanes) is 1. The second-order valence-electron chi connectivity index (χ2n) is 6.94. The molecule has 1 aliphatic heterocycles. The lowest BCUT2D eigenvalue weighted by Crippen LogP contribution is -2.55. The van der Waals surface area contributed by atoms with Crippen LogP contribution < -0.4 is 16.0 Å². The molecule has 146 valence electrons. The number of hydrogen-bond acceptors (Lipinski definition) is 4. The van der Waals surface area contributed by atoms with E-state index in [1.165, 1.54) is 4.90 Å². The largest absolute Gasteiger partial charge is 0.338 e. The maximum atomic E-state index is 13.3. The van der Waals surface area contributed by atoms with E-state index in [2.05, 4.69) is 5.32 Å². The third-order valence-corrected chi connectivity index (χ3v) is 4.90. The van der Waals surface area contributed by atoms with E-state index < -0.39 is 12.1 Å². The molecular weight excluding hydrogens is 352 g/mol. The van der Waals surface area contributed by atoms with Gasteiger partial charge in [0.25, 0.3) is 5.91 Å². The van der Waals surface area contributed by atoms with Gasteiger partial charge in [-0.2, -0.15) is 0 Å². The molecule has 2 aromatic rings. The predicted molar refractivity (Wildman–Crippen MR) is 112 cm³/mol. The lowest BCUT2D eigenvalue weighted by atomic mass is 10.0. The summed E-state index contributed by atoms with van der Waals surface area (Å²) in [7, 11) is 1.70. The fraction of sp³-hybridized carbons (Fsp3) is 0.318. The lowest BCUT2D eigenvalue weighted by molar-refractivity contribution is -0.126. The smallest absolute Gasteiger partial charge is 0.255 e. The highest BCUT2D eigenvalue weighted by Gasteiger charge is 2.34. The minimum absolute atomic E-state index is 0.247. The van der Waals surface area contributed by atoms with Crippen molar-refractivity contribution in [2.45, 2.75) is 38.3 Å². The second-order valence-corrected chi connectivity index (χ2v) is 6.94. The Hall–Kier alpha value is -2.99. The first-order valence-corrected chi connectivity index (χ1v) is 9.59. The van der Waals surface area contributed by atoms with Gasteiger partial charge in [0, 0.05) is 7.05 Å². The van der Waals surface area contributed by atoms with Gasteiger partial charge in [-0.05, 0) is 24.1 Å². The van der Waals surface area contributed by atoms with Gasteiger partial charge in [-0.15, -0.1) is 0 Å². The number of benzene rings is 2. The third kappa shape index (κ3) is 4.12. The van der Waals surface area contributed by atoms with Gasteiger partial charge in [0.15, 0.2) is 6.04 Å². The van der Waals surface area contributed by atoms with E-state index in [9.17, 15) is 9.59 Å². The van der Waals surface area contributed by atoms with Crippen molar-refractivity contribution in [2.75, 3.05) is 11.9 Å². The first-order chi connectivity index (χ1) is 13.5.